The summed E-state index contributed by atoms with van der Waals surface area (Å²) in [6, 6.07) is 8.97. The van der Waals surface area contributed by atoms with Gasteiger partial charge < -0.3 is 10.5 Å². The molecule has 2 N–H and O–H groups in total. The van der Waals surface area contributed by atoms with Crippen LogP contribution in [-0.2, 0) is 6.54 Å². The minimum atomic E-state index is 0.571. The lowest BCUT2D eigenvalue weighted by molar-refractivity contribution is 0.250. The fourth-order valence-corrected chi connectivity index (χ4v) is 2.46. The monoisotopic (exact) mass is 234 g/mol. The lowest BCUT2D eigenvalue weighted by Gasteiger charge is -2.23. The highest BCUT2D eigenvalue weighted by molar-refractivity contribution is 5.27. The molecule has 0 aromatic heterocycles. The van der Waals surface area contributed by atoms with E-state index in [0.717, 1.165) is 25.4 Å². The van der Waals surface area contributed by atoms with Gasteiger partial charge in [0.25, 0.3) is 0 Å². The van der Waals surface area contributed by atoms with E-state index >= 15 is 0 Å². The van der Waals surface area contributed by atoms with Gasteiger partial charge in [0.15, 0.2) is 0 Å². The summed E-state index contributed by atoms with van der Waals surface area (Å²) in [5.74, 6) is 0.952. The van der Waals surface area contributed by atoms with Crippen LogP contribution in [-0.4, -0.2) is 30.6 Å². The molecule has 0 spiro atoms. The van der Waals surface area contributed by atoms with Crippen LogP contribution in [0, 0.1) is 0 Å². The van der Waals surface area contributed by atoms with Crippen LogP contribution >= 0.6 is 0 Å². The summed E-state index contributed by atoms with van der Waals surface area (Å²) in [6.07, 6.45) is 2.52. The molecule has 1 atom stereocenters. The van der Waals surface area contributed by atoms with Gasteiger partial charge >= 0.3 is 0 Å². The fourth-order valence-electron chi connectivity index (χ4n) is 2.46. The molecule has 0 saturated carbocycles. The lowest BCUT2D eigenvalue weighted by Crippen LogP contribution is -2.34. The highest BCUT2D eigenvalue weighted by Crippen LogP contribution is 2.20. The van der Waals surface area contributed by atoms with Gasteiger partial charge in [-0.1, -0.05) is 12.1 Å². The average Bonchev–Trinajstić information content (AvgIpc) is 2.79. The van der Waals surface area contributed by atoms with Crippen LogP contribution in [0.5, 0.6) is 5.75 Å². The van der Waals surface area contributed by atoms with Crippen molar-refractivity contribution < 1.29 is 4.74 Å². The van der Waals surface area contributed by atoms with Crippen LogP contribution in [0.3, 0.4) is 0 Å². The molecule has 3 nitrogen and oxygen atoms in total. The number of benzene rings is 1. The number of nitrogens with two attached hydrogens (primary N) is 1. The molecule has 0 aliphatic carbocycles. The Kier molecular flexibility index (Phi) is 4.40. The van der Waals surface area contributed by atoms with Crippen LogP contribution < -0.4 is 10.5 Å². The van der Waals surface area contributed by atoms with E-state index in [2.05, 4.69) is 17.0 Å². The number of nitrogens with zero attached hydrogens (tertiary/aromatic N) is 1. The molecule has 3 heteroatoms. The Labute approximate surface area is 104 Å². The van der Waals surface area contributed by atoms with E-state index in [1.165, 1.54) is 24.9 Å². The first kappa shape index (κ1) is 12.4. The third kappa shape index (κ3) is 3.20. The largest absolute Gasteiger partial charge is 0.494 e. The minimum absolute atomic E-state index is 0.571. The maximum atomic E-state index is 5.78. The molecule has 1 aromatic carbocycles. The second kappa shape index (κ2) is 6.03. The average molecular weight is 234 g/mol. The first-order valence-electron chi connectivity index (χ1n) is 6.49. The van der Waals surface area contributed by atoms with Gasteiger partial charge in [0.1, 0.15) is 5.75 Å². The normalized spacial score (nSPS) is 20.7. The topological polar surface area (TPSA) is 38.5 Å². The second-order valence-electron chi connectivity index (χ2n) is 4.58. The number of hydrogen-bond acceptors (Lipinski definition) is 3. The van der Waals surface area contributed by atoms with Gasteiger partial charge in [-0.15, -0.1) is 0 Å². The van der Waals surface area contributed by atoms with Gasteiger partial charge in [-0.25, -0.2) is 0 Å². The Balaban J connectivity index is 1.94. The zero-order valence-corrected chi connectivity index (χ0v) is 10.6. The minimum Gasteiger partial charge on any atom is -0.494 e. The smallest absolute Gasteiger partial charge is 0.119 e. The molecule has 1 fully saturated rings. The van der Waals surface area contributed by atoms with Gasteiger partial charge in [0.2, 0.25) is 0 Å². The van der Waals surface area contributed by atoms with Crippen LogP contribution in [0.15, 0.2) is 24.3 Å². The number of ether oxygens (including phenoxy) is 1. The molecule has 1 unspecified atom stereocenters. The molecular weight excluding hydrogens is 212 g/mol. The second-order valence-corrected chi connectivity index (χ2v) is 4.58. The zero-order valence-electron chi connectivity index (χ0n) is 10.6. The van der Waals surface area contributed by atoms with E-state index < -0.39 is 0 Å². The van der Waals surface area contributed by atoms with Crippen molar-refractivity contribution >= 4 is 0 Å². The molecular formula is C14H22N2O. The van der Waals surface area contributed by atoms with Crippen molar-refractivity contribution in [1.29, 1.82) is 0 Å². The van der Waals surface area contributed by atoms with Crippen LogP contribution in [0.25, 0.3) is 0 Å². The predicted octanol–water partition coefficient (Wildman–Crippen LogP) is 2.01. The molecule has 0 radical (unpaired) electrons. The number of likely N-dealkylation sites (tertiary alicyclic amines) is 1. The van der Waals surface area contributed by atoms with Gasteiger partial charge in [-0.05, 0) is 44.0 Å². The molecule has 0 bridgehead atoms. The van der Waals surface area contributed by atoms with Crippen molar-refractivity contribution in [3.63, 3.8) is 0 Å². The van der Waals surface area contributed by atoms with Crippen molar-refractivity contribution in [2.24, 2.45) is 5.73 Å². The highest BCUT2D eigenvalue weighted by atomic mass is 16.5. The quantitative estimate of drug-likeness (QED) is 0.847. The van der Waals surface area contributed by atoms with Crippen LogP contribution in [0.1, 0.15) is 25.3 Å². The van der Waals surface area contributed by atoms with Crippen molar-refractivity contribution in [3.05, 3.63) is 29.8 Å². The van der Waals surface area contributed by atoms with Gasteiger partial charge in [0.05, 0.1) is 6.61 Å². The van der Waals surface area contributed by atoms with E-state index in [-0.39, 0.29) is 0 Å². The Morgan fingerprint density at radius 3 is 2.76 bits per heavy atom. The van der Waals surface area contributed by atoms with Crippen molar-refractivity contribution in [2.75, 3.05) is 19.7 Å². The predicted molar refractivity (Wildman–Crippen MR) is 70.1 cm³/mol. The summed E-state index contributed by atoms with van der Waals surface area (Å²) in [5, 5.41) is 0. The van der Waals surface area contributed by atoms with Crippen molar-refractivity contribution in [1.82, 2.24) is 4.90 Å². The van der Waals surface area contributed by atoms with E-state index in [1.54, 1.807) is 0 Å². The highest BCUT2D eigenvalue weighted by Gasteiger charge is 2.22. The Morgan fingerprint density at radius 1 is 1.35 bits per heavy atom. The molecule has 1 saturated heterocycles. The summed E-state index contributed by atoms with van der Waals surface area (Å²) < 4.78 is 5.44. The van der Waals surface area contributed by atoms with E-state index in [4.69, 9.17) is 10.5 Å². The molecule has 2 rings (SSSR count). The summed E-state index contributed by atoms with van der Waals surface area (Å²) >= 11 is 0. The molecule has 94 valence electrons. The molecule has 1 aromatic rings. The summed E-state index contributed by atoms with van der Waals surface area (Å²) in [6.45, 7) is 5.69. The summed E-state index contributed by atoms with van der Waals surface area (Å²) in [7, 11) is 0. The van der Waals surface area contributed by atoms with Crippen molar-refractivity contribution in [2.45, 2.75) is 32.4 Å². The maximum Gasteiger partial charge on any atom is 0.119 e. The van der Waals surface area contributed by atoms with Gasteiger partial charge in [-0.3, -0.25) is 4.90 Å². The zero-order chi connectivity index (χ0) is 12.1. The third-order valence-electron chi connectivity index (χ3n) is 3.39. The summed E-state index contributed by atoms with van der Waals surface area (Å²) in [5.41, 5.74) is 7.12. The fraction of sp³-hybridized carbons (Fsp3) is 0.571. The SMILES string of the molecule is CCOc1ccc(CN2CCCC2CN)cc1. The molecule has 1 aliphatic heterocycles. The molecule has 17 heavy (non-hydrogen) atoms. The first-order chi connectivity index (χ1) is 8.33. The van der Waals surface area contributed by atoms with E-state index in [0.29, 0.717) is 6.04 Å². The first-order valence-corrected chi connectivity index (χ1v) is 6.49. The van der Waals surface area contributed by atoms with Crippen molar-refractivity contribution in [3.8, 4) is 5.75 Å². The Hall–Kier alpha value is -1.06. The van der Waals surface area contributed by atoms with Crippen LogP contribution in [0.4, 0.5) is 0 Å². The number of rotatable bonds is 5. The van der Waals surface area contributed by atoms with Gasteiger partial charge in [-0.2, -0.15) is 0 Å². The number of hydrogen-bond donors (Lipinski definition) is 1. The maximum absolute atomic E-state index is 5.78. The van der Waals surface area contributed by atoms with Gasteiger partial charge in [0, 0.05) is 19.1 Å². The molecule has 0 amide bonds. The lowest BCUT2D eigenvalue weighted by atomic mass is 10.2. The molecule has 1 aliphatic rings. The summed E-state index contributed by atoms with van der Waals surface area (Å²) in [4.78, 5) is 2.48. The Bertz CT molecular complexity index is 337. The Morgan fingerprint density at radius 2 is 2.12 bits per heavy atom. The van der Waals surface area contributed by atoms with E-state index in [1.807, 2.05) is 19.1 Å². The third-order valence-corrected chi connectivity index (χ3v) is 3.39. The van der Waals surface area contributed by atoms with E-state index in [9.17, 15) is 0 Å². The standard InChI is InChI=1S/C14H22N2O/c1-2-17-14-7-5-12(6-8-14)11-16-9-3-4-13(16)10-15/h5-8,13H,2-4,9-11,15H2,1H3. The van der Waals surface area contributed by atoms with Crippen LogP contribution in [0.2, 0.25) is 0 Å². The molecule has 1 heterocycles.